The Morgan fingerprint density at radius 3 is 0.773 bits per heavy atom. The van der Waals surface area contributed by atoms with Crippen molar-refractivity contribution in [2.75, 3.05) is 0 Å². The molecule has 0 aliphatic carbocycles. The number of aromatic nitrogens is 4. The predicted octanol–water partition coefficient (Wildman–Crippen LogP) is 28.6. The lowest BCUT2D eigenvalue weighted by Crippen LogP contribution is -1.94. The van der Waals surface area contributed by atoms with Gasteiger partial charge in [-0.3, -0.25) is 9.97 Å². The van der Waals surface area contributed by atoms with Gasteiger partial charge < -0.3 is 9.13 Å². The van der Waals surface area contributed by atoms with Crippen molar-refractivity contribution >= 4 is 109 Å². The first-order valence-corrected chi connectivity index (χ1v) is 37.7. The monoisotopic (exact) mass is 1400 g/mol. The van der Waals surface area contributed by atoms with Gasteiger partial charge in [0.05, 0.1) is 33.1 Å². The third-order valence-electron chi connectivity index (χ3n) is 22.0. The van der Waals surface area contributed by atoms with Crippen LogP contribution in [-0.4, -0.2) is 19.1 Å². The average Bonchev–Trinajstić information content (AvgIpc) is 1.09. The van der Waals surface area contributed by atoms with Gasteiger partial charge in [-0.05, 0) is 188 Å². The van der Waals surface area contributed by atoms with Crippen molar-refractivity contribution in [2.24, 2.45) is 0 Å². The van der Waals surface area contributed by atoms with Crippen molar-refractivity contribution in [3.05, 3.63) is 425 Å². The summed E-state index contributed by atoms with van der Waals surface area (Å²) in [4.78, 5) is 9.34. The first-order chi connectivity index (χ1) is 54.6. The summed E-state index contributed by atoms with van der Waals surface area (Å²) >= 11 is 0. The lowest BCUT2D eigenvalue weighted by molar-refractivity contribution is 1.18. The summed E-state index contributed by atoms with van der Waals surface area (Å²) in [5, 5.41) is 17.6. The fourth-order valence-electron chi connectivity index (χ4n) is 17.1. The molecule has 0 aliphatic heterocycles. The van der Waals surface area contributed by atoms with Gasteiger partial charge in [0.2, 0.25) is 0 Å². The summed E-state index contributed by atoms with van der Waals surface area (Å²) in [6.07, 6.45) is 3.75. The van der Waals surface area contributed by atoms with Crippen LogP contribution in [0.2, 0.25) is 0 Å². The van der Waals surface area contributed by atoms with Crippen LogP contribution in [0.4, 0.5) is 0 Å². The van der Waals surface area contributed by atoms with Gasteiger partial charge >= 0.3 is 0 Å². The van der Waals surface area contributed by atoms with Gasteiger partial charge in [-0.25, -0.2) is 0 Å². The molecule has 0 atom stereocenters. The zero-order valence-corrected chi connectivity index (χ0v) is 60.2. The van der Waals surface area contributed by atoms with E-state index in [-0.39, 0.29) is 0 Å². The average molecular weight is 1400 g/mol. The second-order valence-corrected chi connectivity index (χ2v) is 28.1. The molecule has 0 bridgehead atoms. The van der Waals surface area contributed by atoms with Gasteiger partial charge in [0.25, 0.3) is 0 Å². The Morgan fingerprint density at radius 2 is 0.409 bits per heavy atom. The van der Waals surface area contributed by atoms with E-state index in [2.05, 4.69) is 419 Å². The molecule has 22 aromatic rings. The largest absolute Gasteiger partial charge is 0.309 e. The maximum Gasteiger partial charge on any atom is 0.0970 e. The van der Waals surface area contributed by atoms with Gasteiger partial charge in [0.1, 0.15) is 0 Å². The Kier molecular flexibility index (Phi) is 16.6. The lowest BCUT2D eigenvalue weighted by Gasteiger charge is -2.18. The van der Waals surface area contributed by atoms with Crippen LogP contribution in [0.3, 0.4) is 0 Å². The first kappa shape index (κ1) is 65.0. The molecule has 4 nitrogen and oxygen atoms in total. The van der Waals surface area contributed by atoms with Crippen LogP contribution >= 0.6 is 0 Å². The molecule has 0 aliphatic rings. The molecule has 0 unspecified atom stereocenters. The molecule has 4 heterocycles. The van der Waals surface area contributed by atoms with Crippen LogP contribution in [0, 0.1) is 0 Å². The third kappa shape index (κ3) is 11.4. The van der Waals surface area contributed by atoms with Gasteiger partial charge in [-0.15, -0.1) is 0 Å². The molecule has 4 aromatic heterocycles. The molecule has 4 heteroatoms. The Morgan fingerprint density at radius 1 is 0.155 bits per heavy atom. The third-order valence-corrected chi connectivity index (χ3v) is 22.0. The predicted molar refractivity (Wildman–Crippen MR) is 467 cm³/mol. The van der Waals surface area contributed by atoms with Crippen LogP contribution in [-0.2, 0) is 0 Å². The highest BCUT2D eigenvalue weighted by molar-refractivity contribution is 6.23. The quantitative estimate of drug-likeness (QED) is 0.107. The molecule has 0 saturated carbocycles. The minimum absolute atomic E-state index is 0.946. The van der Waals surface area contributed by atoms with E-state index < -0.39 is 0 Å². The fourth-order valence-corrected chi connectivity index (χ4v) is 17.1. The summed E-state index contributed by atoms with van der Waals surface area (Å²) in [7, 11) is 0. The zero-order valence-electron chi connectivity index (χ0n) is 60.2. The number of benzene rings is 18. The van der Waals surface area contributed by atoms with Crippen molar-refractivity contribution in [3.8, 4) is 89.3 Å². The molecule has 0 saturated heterocycles. The number of fused-ring (bicyclic) bond motifs is 13. The summed E-state index contributed by atoms with van der Waals surface area (Å²) in [6, 6.07) is 148. The van der Waals surface area contributed by atoms with E-state index in [1.54, 1.807) is 0 Å². The van der Waals surface area contributed by atoms with Crippen LogP contribution in [0.1, 0.15) is 0 Å². The van der Waals surface area contributed by atoms with E-state index in [9.17, 15) is 0 Å². The molecular formula is C106H70N4. The molecule has 110 heavy (non-hydrogen) atoms. The van der Waals surface area contributed by atoms with E-state index >= 15 is 0 Å². The smallest absolute Gasteiger partial charge is 0.0970 e. The lowest BCUT2D eigenvalue weighted by atomic mass is 9.86. The van der Waals surface area contributed by atoms with Crippen molar-refractivity contribution in [1.29, 1.82) is 0 Å². The standard InChI is InChI=1S/C44H29N.C38H25N.C24H16N2/c1-3-13-31(14-4-1)43-36-18-7-9-20-38(36)44(39-21-10-8-19-37(39)43)32-25-23-30(24-26-32)33-27-28-42-40(29-33)35-17-11-12-22-41(35)45(42)34-15-5-2-6-16-34;1-2-12-26(13-3-1)37-31-16-4-6-18-33(31)38(34-19-7-5-17-32(34)37)27-22-24-28(25-23-27)39-35-20-10-8-14-29(35)30-15-9-11-21-36(30)39;1-3-7-17(8-4-1)19-13-15-25-23-21(19)11-12-22-20(14-16-26-24(22)23)18-9-5-2-6-10-18/h1-29H;1-25H;1-16H. The topological polar surface area (TPSA) is 35.6 Å². The highest BCUT2D eigenvalue weighted by Crippen LogP contribution is 2.47. The Labute approximate surface area is 637 Å². The maximum atomic E-state index is 4.67. The first-order valence-electron chi connectivity index (χ1n) is 37.7. The molecule has 18 aromatic carbocycles. The zero-order chi connectivity index (χ0) is 72.9. The van der Waals surface area contributed by atoms with E-state index in [0.717, 1.165) is 21.8 Å². The summed E-state index contributed by atoms with van der Waals surface area (Å²) in [5.74, 6) is 0. The molecule has 0 amide bonds. The number of hydrogen-bond acceptors (Lipinski definition) is 2. The summed E-state index contributed by atoms with van der Waals surface area (Å²) in [6.45, 7) is 0. The molecule has 0 fully saturated rings. The van der Waals surface area contributed by atoms with Gasteiger partial charge in [-0.2, -0.15) is 0 Å². The minimum Gasteiger partial charge on any atom is -0.309 e. The second kappa shape index (κ2) is 28.0. The van der Waals surface area contributed by atoms with Gasteiger partial charge in [0, 0.05) is 56.1 Å². The number of pyridine rings is 2. The minimum atomic E-state index is 0.946. The fraction of sp³-hybridized carbons (Fsp3) is 0. The van der Waals surface area contributed by atoms with Crippen molar-refractivity contribution in [2.45, 2.75) is 0 Å². The maximum absolute atomic E-state index is 4.67. The normalized spacial score (nSPS) is 11.5. The van der Waals surface area contributed by atoms with Crippen LogP contribution in [0.25, 0.3) is 198 Å². The van der Waals surface area contributed by atoms with Gasteiger partial charge in [0.15, 0.2) is 0 Å². The SMILES string of the molecule is c1ccc(-c2c3ccccc3c(-c3ccc(-c4ccc5c(c4)c4ccccc4n5-c4ccccc4)cc3)c3ccccc23)cc1.c1ccc(-c2c3ccccc3c(-c3ccc(-n4c5ccccc5c5ccccc54)cc3)c3ccccc23)cc1.c1ccc(-c2ccnc3c2ccc2c(-c4ccccc4)ccnc23)cc1. The molecule has 0 radical (unpaired) electrons. The van der Waals surface area contributed by atoms with Crippen molar-refractivity contribution < 1.29 is 0 Å². The second-order valence-electron chi connectivity index (χ2n) is 28.1. The molecule has 514 valence electrons. The number of rotatable bonds is 9. The van der Waals surface area contributed by atoms with E-state index in [1.165, 1.54) is 176 Å². The Hall–Kier alpha value is -14.6. The van der Waals surface area contributed by atoms with Crippen molar-refractivity contribution in [1.82, 2.24) is 19.1 Å². The number of para-hydroxylation sites is 4. The van der Waals surface area contributed by atoms with Crippen LogP contribution in [0.15, 0.2) is 425 Å². The van der Waals surface area contributed by atoms with E-state index in [0.29, 0.717) is 0 Å². The molecule has 22 rings (SSSR count). The van der Waals surface area contributed by atoms with Crippen LogP contribution < -0.4 is 0 Å². The Bertz CT molecular complexity index is 6950. The molecular weight excluding hydrogens is 1330 g/mol. The van der Waals surface area contributed by atoms with Gasteiger partial charge in [-0.1, -0.05) is 346 Å². The van der Waals surface area contributed by atoms with Crippen molar-refractivity contribution in [3.63, 3.8) is 0 Å². The summed E-state index contributed by atoms with van der Waals surface area (Å²) < 4.78 is 4.75. The van der Waals surface area contributed by atoms with E-state index in [1.807, 2.05) is 24.5 Å². The number of nitrogens with zero attached hydrogens (tertiary/aromatic N) is 4. The summed E-state index contributed by atoms with van der Waals surface area (Å²) in [5.41, 5.74) is 26.5. The van der Waals surface area contributed by atoms with Crippen LogP contribution in [0.5, 0.6) is 0 Å². The Balaban J connectivity index is 0.000000112. The molecule has 0 spiro atoms. The highest BCUT2D eigenvalue weighted by atomic mass is 15.0. The molecule has 0 N–H and O–H groups in total. The van der Waals surface area contributed by atoms with E-state index in [4.69, 9.17) is 0 Å². The number of hydrogen-bond donors (Lipinski definition) is 0. The highest BCUT2D eigenvalue weighted by Gasteiger charge is 2.21.